The summed E-state index contributed by atoms with van der Waals surface area (Å²) in [4.78, 5) is 4.16. The summed E-state index contributed by atoms with van der Waals surface area (Å²) in [5, 5.41) is 6.25. The fourth-order valence-electron chi connectivity index (χ4n) is 3.15. The average Bonchev–Trinajstić information content (AvgIpc) is 3.27. The number of benzene rings is 2. The summed E-state index contributed by atoms with van der Waals surface area (Å²) in [7, 11) is 1.64. The van der Waals surface area contributed by atoms with Crippen LogP contribution in [-0.2, 0) is 17.5 Å². The molecular formula is C24H26F3N3O2. The Morgan fingerprint density at radius 3 is 2.78 bits per heavy atom. The van der Waals surface area contributed by atoms with Crippen molar-refractivity contribution in [2.24, 2.45) is 4.99 Å². The van der Waals surface area contributed by atoms with Crippen LogP contribution in [-0.4, -0.2) is 38.9 Å². The quantitative estimate of drug-likeness (QED) is 0.417. The number of guanidine groups is 1. The molecule has 8 heteroatoms. The number of nitrogens with one attached hydrogen (secondary N) is 2. The molecule has 1 aliphatic heterocycles. The number of alkyl halides is 3. The van der Waals surface area contributed by atoms with Crippen molar-refractivity contribution in [3.63, 3.8) is 0 Å². The van der Waals surface area contributed by atoms with Crippen molar-refractivity contribution in [1.29, 1.82) is 0 Å². The van der Waals surface area contributed by atoms with Crippen LogP contribution in [0.5, 0.6) is 5.75 Å². The number of rotatable bonds is 5. The van der Waals surface area contributed by atoms with Gasteiger partial charge >= 0.3 is 6.18 Å². The smallest absolute Gasteiger partial charge is 0.416 e. The highest BCUT2D eigenvalue weighted by Crippen LogP contribution is 2.29. The largest absolute Gasteiger partial charge is 0.488 e. The number of hydrogen-bond acceptors (Lipinski definition) is 3. The molecule has 1 fully saturated rings. The molecule has 0 spiro atoms. The van der Waals surface area contributed by atoms with Gasteiger partial charge in [-0.25, -0.2) is 0 Å². The van der Waals surface area contributed by atoms with Gasteiger partial charge in [-0.2, -0.15) is 13.2 Å². The van der Waals surface area contributed by atoms with Crippen LogP contribution in [0.1, 0.15) is 28.7 Å². The van der Waals surface area contributed by atoms with Crippen LogP contribution in [0.3, 0.4) is 0 Å². The van der Waals surface area contributed by atoms with Gasteiger partial charge in [0, 0.05) is 31.1 Å². The Kier molecular flexibility index (Phi) is 8.01. The van der Waals surface area contributed by atoms with Crippen molar-refractivity contribution in [3.8, 4) is 17.6 Å². The molecule has 1 saturated heterocycles. The molecule has 1 heterocycles. The van der Waals surface area contributed by atoms with Crippen LogP contribution in [0.4, 0.5) is 13.2 Å². The zero-order chi connectivity index (χ0) is 23.0. The van der Waals surface area contributed by atoms with Crippen molar-refractivity contribution in [1.82, 2.24) is 10.6 Å². The molecule has 1 unspecified atom stereocenters. The minimum atomic E-state index is -4.38. The van der Waals surface area contributed by atoms with Gasteiger partial charge in [0.15, 0.2) is 5.96 Å². The molecule has 0 amide bonds. The van der Waals surface area contributed by atoms with Crippen LogP contribution in [0.25, 0.3) is 0 Å². The summed E-state index contributed by atoms with van der Waals surface area (Å²) < 4.78 is 49.9. The molecule has 0 aromatic heterocycles. The Labute approximate surface area is 186 Å². The second kappa shape index (κ2) is 10.9. The first kappa shape index (κ1) is 23.5. The average molecular weight is 445 g/mol. The second-order valence-electron chi connectivity index (χ2n) is 7.37. The van der Waals surface area contributed by atoms with Crippen LogP contribution in [0.15, 0.2) is 47.5 Å². The third-order valence-electron chi connectivity index (χ3n) is 4.84. The van der Waals surface area contributed by atoms with Gasteiger partial charge in [0.05, 0.1) is 25.3 Å². The standard InChI is InChI=1S/C24H26F3N3O2/c1-17-8-9-19(22(13-17)32-21-10-12-31-16-21)15-30-23(28-2)29-11-4-6-18-5-3-7-20(14-18)24(25,26)27/h3,5,7-9,13-14,21H,10-12,15-16H2,1-2H3,(H2,28,29,30). The predicted octanol–water partition coefficient (Wildman–Crippen LogP) is 3.90. The summed E-state index contributed by atoms with van der Waals surface area (Å²) in [5.41, 5.74) is 1.69. The summed E-state index contributed by atoms with van der Waals surface area (Å²) in [6, 6.07) is 11.0. The van der Waals surface area contributed by atoms with E-state index >= 15 is 0 Å². The number of nitrogens with zero attached hydrogens (tertiary/aromatic N) is 1. The van der Waals surface area contributed by atoms with E-state index in [0.29, 0.717) is 31.3 Å². The Morgan fingerprint density at radius 2 is 2.06 bits per heavy atom. The highest BCUT2D eigenvalue weighted by atomic mass is 19.4. The maximum absolute atomic E-state index is 12.8. The third kappa shape index (κ3) is 6.92. The maximum Gasteiger partial charge on any atom is 0.416 e. The lowest BCUT2D eigenvalue weighted by Crippen LogP contribution is -2.37. The summed E-state index contributed by atoms with van der Waals surface area (Å²) in [5.74, 6) is 6.90. The molecule has 170 valence electrons. The van der Waals surface area contributed by atoms with E-state index in [9.17, 15) is 13.2 Å². The van der Waals surface area contributed by atoms with Crippen molar-refractivity contribution in [3.05, 3.63) is 64.7 Å². The van der Waals surface area contributed by atoms with Gasteiger partial charge in [-0.15, -0.1) is 0 Å². The lowest BCUT2D eigenvalue weighted by molar-refractivity contribution is -0.137. The SMILES string of the molecule is CN=C(NCC#Cc1cccc(C(F)(F)F)c1)NCc1ccc(C)cc1OC1CCOC1. The summed E-state index contributed by atoms with van der Waals surface area (Å²) in [6.07, 6.45) is -3.46. The number of aryl methyl sites for hydroxylation is 1. The fourth-order valence-corrected chi connectivity index (χ4v) is 3.15. The highest BCUT2D eigenvalue weighted by molar-refractivity contribution is 5.80. The monoisotopic (exact) mass is 445 g/mol. The molecule has 1 atom stereocenters. The van der Waals surface area contributed by atoms with Gasteiger partial charge in [0.1, 0.15) is 11.9 Å². The Morgan fingerprint density at radius 1 is 1.22 bits per heavy atom. The first-order chi connectivity index (χ1) is 15.3. The second-order valence-corrected chi connectivity index (χ2v) is 7.37. The number of aliphatic imine (C=N–C) groups is 1. The molecule has 0 bridgehead atoms. The first-order valence-electron chi connectivity index (χ1n) is 10.3. The Bertz CT molecular complexity index is 1000. The third-order valence-corrected chi connectivity index (χ3v) is 4.84. The molecule has 5 nitrogen and oxygen atoms in total. The molecule has 2 aromatic carbocycles. The molecular weight excluding hydrogens is 419 g/mol. The lowest BCUT2D eigenvalue weighted by atomic mass is 10.1. The number of halogens is 3. The van der Waals surface area contributed by atoms with Gasteiger partial charge in [0.25, 0.3) is 0 Å². The number of ether oxygens (including phenoxy) is 2. The zero-order valence-electron chi connectivity index (χ0n) is 18.1. The molecule has 1 aliphatic rings. The first-order valence-corrected chi connectivity index (χ1v) is 10.3. The maximum atomic E-state index is 12.8. The minimum Gasteiger partial charge on any atom is -0.488 e. The van der Waals surface area contributed by atoms with Crippen molar-refractivity contribution < 1.29 is 22.6 Å². The van der Waals surface area contributed by atoms with E-state index < -0.39 is 11.7 Å². The van der Waals surface area contributed by atoms with Crippen LogP contribution in [0.2, 0.25) is 0 Å². The summed E-state index contributed by atoms with van der Waals surface area (Å²) in [6.45, 7) is 4.03. The lowest BCUT2D eigenvalue weighted by Gasteiger charge is -2.17. The summed E-state index contributed by atoms with van der Waals surface area (Å²) >= 11 is 0. The van der Waals surface area contributed by atoms with E-state index in [0.717, 1.165) is 35.4 Å². The van der Waals surface area contributed by atoms with Crippen LogP contribution >= 0.6 is 0 Å². The van der Waals surface area contributed by atoms with Gasteiger partial charge in [-0.05, 0) is 36.8 Å². The zero-order valence-corrected chi connectivity index (χ0v) is 18.1. The normalized spacial score (nSPS) is 16.3. The highest BCUT2D eigenvalue weighted by Gasteiger charge is 2.30. The minimum absolute atomic E-state index is 0.0547. The van der Waals surface area contributed by atoms with E-state index in [4.69, 9.17) is 9.47 Å². The predicted molar refractivity (Wildman–Crippen MR) is 118 cm³/mol. The van der Waals surface area contributed by atoms with Gasteiger partial charge < -0.3 is 20.1 Å². The Hall–Kier alpha value is -3.18. The van der Waals surface area contributed by atoms with Gasteiger partial charge in [-0.1, -0.05) is 30.0 Å². The molecule has 2 aromatic rings. The van der Waals surface area contributed by atoms with Crippen molar-refractivity contribution in [2.45, 2.75) is 32.2 Å². The number of hydrogen-bond donors (Lipinski definition) is 2. The molecule has 32 heavy (non-hydrogen) atoms. The van der Waals surface area contributed by atoms with Gasteiger partial charge in [-0.3, -0.25) is 4.99 Å². The van der Waals surface area contributed by atoms with E-state index in [1.54, 1.807) is 13.1 Å². The van der Waals surface area contributed by atoms with E-state index in [1.807, 2.05) is 25.1 Å². The van der Waals surface area contributed by atoms with Crippen LogP contribution in [0, 0.1) is 18.8 Å². The van der Waals surface area contributed by atoms with E-state index in [1.165, 1.54) is 6.07 Å². The molecule has 0 saturated carbocycles. The van der Waals surface area contributed by atoms with Crippen molar-refractivity contribution in [2.75, 3.05) is 26.8 Å². The van der Waals surface area contributed by atoms with Crippen LogP contribution < -0.4 is 15.4 Å². The molecule has 3 rings (SSSR count). The molecule has 0 radical (unpaired) electrons. The van der Waals surface area contributed by atoms with Gasteiger partial charge in [0.2, 0.25) is 0 Å². The van der Waals surface area contributed by atoms with E-state index in [-0.39, 0.29) is 12.6 Å². The molecule has 2 N–H and O–H groups in total. The van der Waals surface area contributed by atoms with Crippen molar-refractivity contribution >= 4 is 5.96 Å². The fraction of sp³-hybridized carbons (Fsp3) is 0.375. The van der Waals surface area contributed by atoms with E-state index in [2.05, 4.69) is 27.5 Å². The molecule has 0 aliphatic carbocycles. The topological polar surface area (TPSA) is 54.9 Å². The Balaban J connectivity index is 1.55.